The third-order valence-corrected chi connectivity index (χ3v) is 2.73. The summed E-state index contributed by atoms with van der Waals surface area (Å²) in [5.41, 5.74) is 5.22. The summed E-state index contributed by atoms with van der Waals surface area (Å²) in [6.45, 7) is 2.56. The fourth-order valence-corrected chi connectivity index (χ4v) is 1.03. The molecular weight excluding hydrogens is 306 g/mol. The van der Waals surface area contributed by atoms with Gasteiger partial charge in [0.15, 0.2) is 6.29 Å². The van der Waals surface area contributed by atoms with Gasteiger partial charge in [-0.05, 0) is 13.8 Å². The topological polar surface area (TPSA) is 182 Å². The lowest BCUT2D eigenvalue weighted by molar-refractivity contribution is -0.139. The highest BCUT2D eigenvalue weighted by Gasteiger charge is 2.29. The van der Waals surface area contributed by atoms with Gasteiger partial charge in [-0.25, -0.2) is 0 Å². The first kappa shape index (κ1) is 22.5. The summed E-state index contributed by atoms with van der Waals surface area (Å²) in [5.74, 6) is -1.02. The van der Waals surface area contributed by atoms with Gasteiger partial charge in [0.1, 0.15) is 30.5 Å². The van der Waals surface area contributed by atoms with E-state index in [1.807, 2.05) is 0 Å². The molecule has 0 bridgehead atoms. The van der Waals surface area contributed by atoms with Crippen LogP contribution in [0.1, 0.15) is 13.8 Å². The van der Waals surface area contributed by atoms with Gasteiger partial charge in [-0.15, -0.1) is 0 Å². The van der Waals surface area contributed by atoms with E-state index in [1.54, 1.807) is 13.8 Å². The van der Waals surface area contributed by atoms with Crippen LogP contribution in [0.5, 0.6) is 0 Å². The Morgan fingerprint density at radius 1 is 1.24 bits per heavy atom. The quantitative estimate of drug-likeness (QED) is 0.175. The van der Waals surface area contributed by atoms with E-state index >= 15 is 0 Å². The summed E-state index contributed by atoms with van der Waals surface area (Å²) in [5, 5.41) is 51.9. The number of hydrogen-bond acceptors (Lipinski definition) is 9. The molecule has 126 valence electrons. The van der Waals surface area contributed by atoms with Crippen LogP contribution in [0.25, 0.3) is 0 Å². The SMILES string of the molecule is CC(C)(S)[C@@H](N)C(=O)O.O=C[C@H](O)[C@@H](O)[C@H](O)[C@H](O)CO. The van der Waals surface area contributed by atoms with Crippen LogP contribution in [0.3, 0.4) is 0 Å². The summed E-state index contributed by atoms with van der Waals surface area (Å²) >= 11 is 3.98. The highest BCUT2D eigenvalue weighted by Crippen LogP contribution is 2.15. The minimum absolute atomic E-state index is 0.0258. The van der Waals surface area contributed by atoms with Gasteiger partial charge in [0.05, 0.1) is 6.61 Å². The number of aldehydes is 1. The van der Waals surface area contributed by atoms with Crippen molar-refractivity contribution in [3.05, 3.63) is 0 Å². The molecule has 8 N–H and O–H groups in total. The summed E-state index contributed by atoms with van der Waals surface area (Å²) in [6, 6.07) is -0.902. The maximum Gasteiger partial charge on any atom is 0.321 e. The lowest BCUT2D eigenvalue weighted by Crippen LogP contribution is -2.46. The number of carboxylic acids is 1. The molecule has 0 radical (unpaired) electrons. The Bertz CT molecular complexity index is 322. The molecule has 9 nitrogen and oxygen atoms in total. The van der Waals surface area contributed by atoms with Gasteiger partial charge >= 0.3 is 5.97 Å². The zero-order chi connectivity index (χ0) is 17.4. The van der Waals surface area contributed by atoms with E-state index in [4.69, 9.17) is 36.4 Å². The Morgan fingerprint density at radius 2 is 1.67 bits per heavy atom. The number of thiol groups is 1. The minimum atomic E-state index is -1.79. The number of carboxylic acid groups (broad SMARTS) is 1. The Balaban J connectivity index is 0. The van der Waals surface area contributed by atoms with Gasteiger partial charge in [-0.2, -0.15) is 12.6 Å². The molecule has 0 aliphatic carbocycles. The maximum atomic E-state index is 10.2. The van der Waals surface area contributed by atoms with Crippen LogP contribution in [0.4, 0.5) is 0 Å². The summed E-state index contributed by atoms with van der Waals surface area (Å²) in [7, 11) is 0. The fourth-order valence-electron chi connectivity index (χ4n) is 0.920. The third kappa shape index (κ3) is 8.98. The van der Waals surface area contributed by atoms with Crippen molar-refractivity contribution in [2.75, 3.05) is 6.61 Å². The molecule has 0 saturated heterocycles. The predicted octanol–water partition coefficient (Wildman–Crippen LogP) is -3.27. The minimum Gasteiger partial charge on any atom is -0.480 e. The van der Waals surface area contributed by atoms with Gasteiger partial charge < -0.3 is 41.2 Å². The van der Waals surface area contributed by atoms with E-state index in [-0.39, 0.29) is 6.29 Å². The molecule has 21 heavy (non-hydrogen) atoms. The highest BCUT2D eigenvalue weighted by molar-refractivity contribution is 7.81. The van der Waals surface area contributed by atoms with Crippen LogP contribution in [-0.2, 0) is 9.59 Å². The lowest BCUT2D eigenvalue weighted by atomic mass is 10.0. The van der Waals surface area contributed by atoms with Crippen molar-refractivity contribution >= 4 is 24.9 Å². The molecule has 0 aromatic heterocycles. The average Bonchev–Trinajstić information content (AvgIpc) is 2.42. The summed E-state index contributed by atoms with van der Waals surface area (Å²) < 4.78 is -0.647. The van der Waals surface area contributed by atoms with Crippen LogP contribution in [0.15, 0.2) is 0 Å². The van der Waals surface area contributed by atoms with Crippen molar-refractivity contribution in [2.24, 2.45) is 5.73 Å². The molecule has 0 rings (SSSR count). The predicted molar refractivity (Wildman–Crippen MR) is 75.9 cm³/mol. The molecule has 0 aromatic rings. The van der Waals surface area contributed by atoms with Crippen molar-refractivity contribution in [3.8, 4) is 0 Å². The molecule has 0 fully saturated rings. The Kier molecular flexibility index (Phi) is 10.8. The van der Waals surface area contributed by atoms with Crippen molar-refractivity contribution in [3.63, 3.8) is 0 Å². The van der Waals surface area contributed by atoms with Crippen molar-refractivity contribution in [2.45, 2.75) is 49.1 Å². The normalized spacial score (nSPS) is 18.5. The highest BCUT2D eigenvalue weighted by atomic mass is 32.1. The number of carbonyl (C=O) groups is 2. The molecule has 0 amide bonds. The van der Waals surface area contributed by atoms with E-state index in [0.29, 0.717) is 0 Å². The number of rotatable bonds is 7. The van der Waals surface area contributed by atoms with Gasteiger partial charge in [-0.1, -0.05) is 0 Å². The first-order chi connectivity index (χ1) is 9.39. The number of nitrogens with two attached hydrogens (primary N) is 1. The second-order valence-electron chi connectivity index (χ2n) is 4.83. The molecule has 10 heteroatoms. The van der Waals surface area contributed by atoms with Gasteiger partial charge in [0.2, 0.25) is 0 Å². The van der Waals surface area contributed by atoms with E-state index in [9.17, 15) is 9.59 Å². The van der Waals surface area contributed by atoms with Crippen molar-refractivity contribution < 1.29 is 40.2 Å². The zero-order valence-electron chi connectivity index (χ0n) is 11.7. The van der Waals surface area contributed by atoms with Gasteiger partial charge in [-0.3, -0.25) is 4.79 Å². The van der Waals surface area contributed by atoms with E-state index < -0.39 is 47.8 Å². The third-order valence-electron chi connectivity index (χ3n) is 2.45. The van der Waals surface area contributed by atoms with E-state index in [2.05, 4.69) is 12.6 Å². The molecule has 0 heterocycles. The summed E-state index contributed by atoms with van der Waals surface area (Å²) in [4.78, 5) is 20.1. The standard InChI is InChI=1S/C6H12O6.C5H11NO2S/c7-1-3(9)5(11)6(12)4(10)2-8;1-5(2,9)3(6)4(7)8/h1,3-6,8-12H,2H2;3,9H,6H2,1-2H3,(H,7,8)/t3-,4+,5+,6+;3-/m00/s1. The van der Waals surface area contributed by atoms with Crippen LogP contribution in [0.2, 0.25) is 0 Å². The average molecular weight is 329 g/mol. The molecule has 0 aliphatic heterocycles. The van der Waals surface area contributed by atoms with Crippen molar-refractivity contribution in [1.82, 2.24) is 0 Å². The Morgan fingerprint density at radius 3 is 1.86 bits per heavy atom. The van der Waals surface area contributed by atoms with E-state index in [1.165, 1.54) is 0 Å². The smallest absolute Gasteiger partial charge is 0.321 e. The summed E-state index contributed by atoms with van der Waals surface area (Å²) in [6.07, 6.45) is -6.84. The monoisotopic (exact) mass is 329 g/mol. The molecule has 0 unspecified atom stereocenters. The number of aliphatic carboxylic acids is 1. The molecular formula is C11H23NO8S. The largest absolute Gasteiger partial charge is 0.480 e. The number of aliphatic hydroxyl groups excluding tert-OH is 5. The maximum absolute atomic E-state index is 10.2. The van der Waals surface area contributed by atoms with Crippen molar-refractivity contribution in [1.29, 1.82) is 0 Å². The van der Waals surface area contributed by atoms with Crippen LogP contribution in [-0.4, -0.2) is 84.7 Å². The van der Waals surface area contributed by atoms with Crippen LogP contribution >= 0.6 is 12.6 Å². The second-order valence-corrected chi connectivity index (χ2v) is 5.98. The molecule has 0 saturated carbocycles. The Labute approximate surface area is 127 Å². The first-order valence-electron chi connectivity index (χ1n) is 5.89. The van der Waals surface area contributed by atoms with Crippen LogP contribution in [0, 0.1) is 0 Å². The fraction of sp³-hybridized carbons (Fsp3) is 0.818. The first-order valence-corrected chi connectivity index (χ1v) is 6.34. The van der Waals surface area contributed by atoms with Crippen LogP contribution < -0.4 is 5.73 Å². The lowest BCUT2D eigenvalue weighted by Gasteiger charge is -2.22. The molecule has 0 aliphatic rings. The second kappa shape index (κ2) is 10.1. The molecule has 5 atom stereocenters. The van der Waals surface area contributed by atoms with E-state index in [0.717, 1.165) is 0 Å². The van der Waals surface area contributed by atoms with Gasteiger partial charge in [0, 0.05) is 4.75 Å². The molecule has 0 aromatic carbocycles. The zero-order valence-corrected chi connectivity index (χ0v) is 12.6. The number of hydrogen-bond donors (Lipinski definition) is 8. The van der Waals surface area contributed by atoms with Gasteiger partial charge in [0.25, 0.3) is 0 Å². The number of carbonyl (C=O) groups excluding carboxylic acids is 1. The number of aliphatic hydroxyl groups is 5. The Hall–Kier alpha value is -0.750. The molecule has 0 spiro atoms.